The maximum absolute atomic E-state index is 6.56. The van der Waals surface area contributed by atoms with E-state index in [2.05, 4.69) is 176 Å². The number of fused-ring (bicyclic) bond motifs is 4. The van der Waals surface area contributed by atoms with Crippen LogP contribution >= 0.6 is 0 Å². The van der Waals surface area contributed by atoms with E-state index in [9.17, 15) is 0 Å². The quantitative estimate of drug-likeness (QED) is 0.176. The van der Waals surface area contributed by atoms with Crippen LogP contribution in [0, 0.1) is 0 Å². The molecule has 0 spiro atoms. The third-order valence-corrected chi connectivity index (χ3v) is 10.1. The highest BCUT2D eigenvalue weighted by Crippen LogP contribution is 2.40. The maximum atomic E-state index is 6.56. The first-order valence-corrected chi connectivity index (χ1v) is 17.9. The zero-order chi connectivity index (χ0) is 35.1. The number of hydrogen-bond donors (Lipinski definition) is 0. The third-order valence-electron chi connectivity index (χ3n) is 10.1. The average Bonchev–Trinajstić information content (AvgIpc) is 3.63. The summed E-state index contributed by atoms with van der Waals surface area (Å²) in [6.45, 7) is 0. The lowest BCUT2D eigenvalue weighted by Gasteiger charge is -2.14. The van der Waals surface area contributed by atoms with Crippen LogP contribution in [-0.2, 0) is 0 Å². The molecule has 0 saturated heterocycles. The Bertz CT molecular complexity index is 2920. The first-order valence-electron chi connectivity index (χ1n) is 17.9. The topological polar surface area (TPSA) is 38.9 Å². The van der Waals surface area contributed by atoms with E-state index >= 15 is 0 Å². The molecule has 2 heterocycles. The van der Waals surface area contributed by atoms with Gasteiger partial charge in [0.15, 0.2) is 5.82 Å². The van der Waals surface area contributed by atoms with Crippen molar-refractivity contribution in [3.05, 3.63) is 194 Å². The average molecular weight is 677 g/mol. The number of nitrogens with zero attached hydrogens (tertiary/aromatic N) is 2. The van der Waals surface area contributed by atoms with Gasteiger partial charge in [-0.2, -0.15) is 0 Å². The van der Waals surface area contributed by atoms with Crippen molar-refractivity contribution in [2.75, 3.05) is 0 Å². The Morgan fingerprint density at radius 2 is 0.849 bits per heavy atom. The second kappa shape index (κ2) is 12.9. The van der Waals surface area contributed by atoms with E-state index in [1.807, 2.05) is 18.2 Å². The molecule has 0 unspecified atom stereocenters. The molecule has 0 radical (unpaired) electrons. The van der Waals surface area contributed by atoms with Crippen LogP contribution in [0.5, 0.6) is 0 Å². The minimum absolute atomic E-state index is 0.691. The van der Waals surface area contributed by atoms with Crippen molar-refractivity contribution < 1.29 is 4.42 Å². The summed E-state index contributed by atoms with van der Waals surface area (Å²) in [6, 6.07) is 68.0. The summed E-state index contributed by atoms with van der Waals surface area (Å²) in [7, 11) is 0. The molecule has 3 heteroatoms. The highest BCUT2D eigenvalue weighted by molar-refractivity contribution is 6.10. The highest BCUT2D eigenvalue weighted by atomic mass is 16.3. The fourth-order valence-electron chi connectivity index (χ4n) is 7.45. The molecule has 0 bridgehead atoms. The molecular weight excluding hydrogens is 645 g/mol. The van der Waals surface area contributed by atoms with Gasteiger partial charge in [-0.3, -0.25) is 0 Å². The van der Waals surface area contributed by atoms with Gasteiger partial charge in [-0.05, 0) is 68.9 Å². The van der Waals surface area contributed by atoms with Crippen LogP contribution in [0.25, 0.3) is 100.0 Å². The lowest BCUT2D eigenvalue weighted by Crippen LogP contribution is -1.97. The number of furan rings is 1. The molecule has 2 aromatic heterocycles. The summed E-state index contributed by atoms with van der Waals surface area (Å²) in [4.78, 5) is 10.5. The molecule has 0 aliphatic rings. The monoisotopic (exact) mass is 676 g/mol. The third kappa shape index (κ3) is 5.65. The number of benzene rings is 8. The predicted molar refractivity (Wildman–Crippen MR) is 219 cm³/mol. The standard InChI is InChI=1S/C50H32N2O/c1-3-13-33(14-4-1)34-25-27-35(28-26-34)38-29-39(42-21-12-22-44-43-20-9-10-24-48(43)53-49(42)44)31-40(30-38)47-32-46(37-16-5-2-6-17-37)51-50(52-47)45-23-11-18-36-15-7-8-19-41(36)45/h1-32H. The summed E-state index contributed by atoms with van der Waals surface area (Å²) >= 11 is 0. The van der Waals surface area contributed by atoms with Gasteiger partial charge in [0.05, 0.1) is 11.4 Å². The molecule has 0 N–H and O–H groups in total. The fourth-order valence-corrected chi connectivity index (χ4v) is 7.45. The van der Waals surface area contributed by atoms with E-state index in [0.29, 0.717) is 5.82 Å². The van der Waals surface area contributed by atoms with Crippen molar-refractivity contribution in [3.63, 3.8) is 0 Å². The van der Waals surface area contributed by atoms with Crippen LogP contribution in [0.4, 0.5) is 0 Å². The second-order valence-electron chi connectivity index (χ2n) is 13.4. The molecule has 8 aromatic carbocycles. The van der Waals surface area contributed by atoms with Crippen LogP contribution in [0.15, 0.2) is 199 Å². The Balaban J connectivity index is 1.21. The summed E-state index contributed by atoms with van der Waals surface area (Å²) in [5, 5.41) is 4.49. The summed E-state index contributed by atoms with van der Waals surface area (Å²) in [6.07, 6.45) is 0. The van der Waals surface area contributed by atoms with Crippen molar-refractivity contribution in [1.82, 2.24) is 9.97 Å². The molecule has 0 amide bonds. The van der Waals surface area contributed by atoms with Crippen LogP contribution in [0.3, 0.4) is 0 Å². The van der Waals surface area contributed by atoms with Crippen molar-refractivity contribution in [3.8, 4) is 67.3 Å². The first kappa shape index (κ1) is 30.7. The van der Waals surface area contributed by atoms with E-state index in [1.54, 1.807) is 0 Å². The summed E-state index contributed by atoms with van der Waals surface area (Å²) in [5.74, 6) is 0.691. The summed E-state index contributed by atoms with van der Waals surface area (Å²) < 4.78 is 6.56. The minimum atomic E-state index is 0.691. The second-order valence-corrected chi connectivity index (χ2v) is 13.4. The number of aromatic nitrogens is 2. The molecule has 0 atom stereocenters. The maximum Gasteiger partial charge on any atom is 0.161 e. The molecule has 0 aliphatic heterocycles. The van der Waals surface area contributed by atoms with Gasteiger partial charge in [-0.25, -0.2) is 9.97 Å². The molecule has 53 heavy (non-hydrogen) atoms. The van der Waals surface area contributed by atoms with Crippen molar-refractivity contribution in [2.24, 2.45) is 0 Å². The summed E-state index contributed by atoms with van der Waals surface area (Å²) in [5.41, 5.74) is 13.2. The van der Waals surface area contributed by atoms with Crippen LogP contribution in [0.1, 0.15) is 0 Å². The molecule has 0 aliphatic carbocycles. The number of hydrogen-bond acceptors (Lipinski definition) is 3. The van der Waals surface area contributed by atoms with E-state index in [1.165, 1.54) is 11.1 Å². The molecule has 0 fully saturated rings. The molecule has 10 rings (SSSR count). The van der Waals surface area contributed by atoms with Crippen LogP contribution in [-0.4, -0.2) is 9.97 Å². The van der Waals surface area contributed by atoms with Gasteiger partial charge >= 0.3 is 0 Å². The highest BCUT2D eigenvalue weighted by Gasteiger charge is 2.17. The first-order chi connectivity index (χ1) is 26.2. The van der Waals surface area contributed by atoms with Gasteiger partial charge < -0.3 is 4.42 Å². The van der Waals surface area contributed by atoms with Gasteiger partial charge in [0.2, 0.25) is 0 Å². The smallest absolute Gasteiger partial charge is 0.161 e. The normalized spacial score (nSPS) is 11.4. The van der Waals surface area contributed by atoms with Gasteiger partial charge in [0.25, 0.3) is 0 Å². The fraction of sp³-hybridized carbons (Fsp3) is 0. The Morgan fingerprint density at radius 3 is 1.64 bits per heavy atom. The minimum Gasteiger partial charge on any atom is -0.455 e. The van der Waals surface area contributed by atoms with E-state index in [-0.39, 0.29) is 0 Å². The Morgan fingerprint density at radius 1 is 0.321 bits per heavy atom. The number of rotatable bonds is 6. The lowest BCUT2D eigenvalue weighted by atomic mass is 9.93. The van der Waals surface area contributed by atoms with Crippen molar-refractivity contribution in [2.45, 2.75) is 0 Å². The molecular formula is C50H32N2O. The van der Waals surface area contributed by atoms with Gasteiger partial charge in [0, 0.05) is 33.0 Å². The van der Waals surface area contributed by atoms with Gasteiger partial charge in [0.1, 0.15) is 11.2 Å². The van der Waals surface area contributed by atoms with Crippen LogP contribution < -0.4 is 0 Å². The van der Waals surface area contributed by atoms with E-state index in [4.69, 9.17) is 14.4 Å². The van der Waals surface area contributed by atoms with Gasteiger partial charge in [-0.1, -0.05) is 164 Å². The zero-order valence-electron chi connectivity index (χ0n) is 28.8. The Kier molecular flexibility index (Phi) is 7.47. The molecule has 248 valence electrons. The molecule has 3 nitrogen and oxygen atoms in total. The van der Waals surface area contributed by atoms with Gasteiger partial charge in [-0.15, -0.1) is 0 Å². The lowest BCUT2D eigenvalue weighted by molar-refractivity contribution is 0.670. The van der Waals surface area contributed by atoms with Crippen LogP contribution in [0.2, 0.25) is 0 Å². The Labute approximate surface area is 307 Å². The molecule has 10 aromatic rings. The Hall–Kier alpha value is -7.10. The van der Waals surface area contributed by atoms with Crippen molar-refractivity contribution >= 4 is 32.7 Å². The van der Waals surface area contributed by atoms with E-state index < -0.39 is 0 Å². The largest absolute Gasteiger partial charge is 0.455 e. The number of para-hydroxylation sites is 2. The zero-order valence-corrected chi connectivity index (χ0v) is 28.8. The molecule has 0 saturated carbocycles. The van der Waals surface area contributed by atoms with E-state index in [0.717, 1.165) is 83.0 Å². The van der Waals surface area contributed by atoms with Crippen molar-refractivity contribution in [1.29, 1.82) is 0 Å². The predicted octanol–water partition coefficient (Wildman–Crippen LogP) is 13.5. The SMILES string of the molecule is c1ccc(-c2ccc(-c3cc(-c4cc(-c5ccccc5)nc(-c5cccc6ccccc56)n4)cc(-c4cccc5c4oc4ccccc45)c3)cc2)cc1.